The van der Waals surface area contributed by atoms with Gasteiger partial charge in [0.15, 0.2) is 0 Å². The Labute approximate surface area is 104 Å². The Hall–Kier alpha value is -1.54. The summed E-state index contributed by atoms with van der Waals surface area (Å²) in [4.78, 5) is 0. The molecule has 2 aromatic rings. The summed E-state index contributed by atoms with van der Waals surface area (Å²) >= 11 is 0. The van der Waals surface area contributed by atoms with Gasteiger partial charge in [-0.15, -0.1) is 0 Å². The van der Waals surface area contributed by atoms with Crippen molar-refractivity contribution >= 4 is 8.05 Å². The average molecular weight is 222 g/mol. The molecule has 0 aliphatic rings. The molecule has 0 heterocycles. The van der Waals surface area contributed by atoms with E-state index < -0.39 is 0 Å². The van der Waals surface area contributed by atoms with Crippen LogP contribution in [0.2, 0.25) is 0 Å². The minimum atomic E-state index is 0.348. The van der Waals surface area contributed by atoms with Gasteiger partial charge >= 0.3 is 0 Å². The zero-order valence-electron chi connectivity index (χ0n) is 9.75. The van der Waals surface area contributed by atoms with E-state index in [0.29, 0.717) is 12.5 Å². The number of benzene rings is 2. The van der Waals surface area contributed by atoms with Crippen molar-refractivity contribution < 1.29 is 4.65 Å². The summed E-state index contributed by atoms with van der Waals surface area (Å²) in [6, 6.07) is 20.9. The number of hydrogen-bond donors (Lipinski definition) is 0. The van der Waals surface area contributed by atoms with E-state index in [1.54, 1.807) is 0 Å². The van der Waals surface area contributed by atoms with Gasteiger partial charge in [0.1, 0.15) is 0 Å². The molecule has 0 amide bonds. The van der Waals surface area contributed by atoms with Gasteiger partial charge in [-0.1, -0.05) is 60.7 Å². The molecule has 0 saturated heterocycles. The standard InChI is InChI=1S/C15H15BO/c16-17-12-11-15(13-7-3-1-4-8-13)14-9-5-2-6-10-14/h1-10,15H,11-12H2. The van der Waals surface area contributed by atoms with Gasteiger partial charge < -0.3 is 4.65 Å². The van der Waals surface area contributed by atoms with Gasteiger partial charge in [0.25, 0.3) is 8.05 Å². The maximum atomic E-state index is 5.13. The van der Waals surface area contributed by atoms with E-state index in [4.69, 9.17) is 12.7 Å². The molecule has 0 bridgehead atoms. The van der Waals surface area contributed by atoms with E-state index in [1.807, 2.05) is 12.1 Å². The predicted octanol–water partition coefficient (Wildman–Crippen LogP) is 3.31. The van der Waals surface area contributed by atoms with Crippen LogP contribution < -0.4 is 0 Å². The smallest absolute Gasteiger partial charge is 0.282 e. The molecular formula is C15H15BO. The van der Waals surface area contributed by atoms with Gasteiger partial charge in [0.2, 0.25) is 0 Å². The highest BCUT2D eigenvalue weighted by molar-refractivity contribution is 5.97. The first-order chi connectivity index (χ1) is 8.42. The molecule has 1 nitrogen and oxygen atoms in total. The van der Waals surface area contributed by atoms with Crippen molar-refractivity contribution in [1.82, 2.24) is 0 Å². The fourth-order valence-electron chi connectivity index (χ4n) is 2.08. The highest BCUT2D eigenvalue weighted by atomic mass is 16.4. The lowest BCUT2D eigenvalue weighted by Crippen LogP contribution is -2.04. The largest absolute Gasteiger partial charge is 0.448 e. The third-order valence-electron chi connectivity index (χ3n) is 2.93. The Balaban J connectivity index is 2.26. The third-order valence-corrected chi connectivity index (χ3v) is 2.93. The lowest BCUT2D eigenvalue weighted by atomic mass is 9.89. The Morgan fingerprint density at radius 2 is 1.29 bits per heavy atom. The Bertz CT molecular complexity index is 388. The van der Waals surface area contributed by atoms with Crippen LogP contribution in [0.4, 0.5) is 0 Å². The predicted molar refractivity (Wildman–Crippen MR) is 71.1 cm³/mol. The van der Waals surface area contributed by atoms with Crippen molar-refractivity contribution in [3.05, 3.63) is 71.8 Å². The summed E-state index contributed by atoms with van der Waals surface area (Å²) in [5.41, 5.74) is 2.60. The molecular weight excluding hydrogens is 207 g/mol. The fraction of sp³-hybridized carbons (Fsp3) is 0.200. The number of rotatable bonds is 5. The van der Waals surface area contributed by atoms with E-state index in [-0.39, 0.29) is 0 Å². The highest BCUT2D eigenvalue weighted by Gasteiger charge is 2.12. The number of hydrogen-bond acceptors (Lipinski definition) is 1. The van der Waals surface area contributed by atoms with E-state index in [0.717, 1.165) is 6.42 Å². The lowest BCUT2D eigenvalue weighted by Gasteiger charge is -2.17. The highest BCUT2D eigenvalue weighted by Crippen LogP contribution is 2.27. The van der Waals surface area contributed by atoms with Crippen molar-refractivity contribution in [2.45, 2.75) is 12.3 Å². The van der Waals surface area contributed by atoms with Gasteiger partial charge in [-0.2, -0.15) is 0 Å². The Morgan fingerprint density at radius 1 is 0.824 bits per heavy atom. The van der Waals surface area contributed by atoms with Gasteiger partial charge in [-0.3, -0.25) is 0 Å². The molecule has 0 atom stereocenters. The summed E-state index contributed by atoms with van der Waals surface area (Å²) < 4.78 is 4.72. The molecule has 0 aliphatic heterocycles. The van der Waals surface area contributed by atoms with E-state index in [1.165, 1.54) is 11.1 Å². The van der Waals surface area contributed by atoms with Crippen LogP contribution in [0.15, 0.2) is 60.7 Å². The van der Waals surface area contributed by atoms with Gasteiger partial charge in [-0.05, 0) is 17.5 Å². The van der Waals surface area contributed by atoms with Gasteiger partial charge in [0, 0.05) is 12.5 Å². The van der Waals surface area contributed by atoms with Crippen LogP contribution in [-0.4, -0.2) is 14.7 Å². The summed E-state index contributed by atoms with van der Waals surface area (Å²) in [7, 11) is 5.13. The zero-order valence-corrected chi connectivity index (χ0v) is 9.75. The molecule has 0 unspecified atom stereocenters. The molecule has 2 aromatic carbocycles. The monoisotopic (exact) mass is 222 g/mol. The molecule has 2 rings (SSSR count). The van der Waals surface area contributed by atoms with Crippen LogP contribution >= 0.6 is 0 Å². The first-order valence-electron chi connectivity index (χ1n) is 5.83. The quantitative estimate of drug-likeness (QED) is 0.705. The fourth-order valence-corrected chi connectivity index (χ4v) is 2.08. The molecule has 0 spiro atoms. The topological polar surface area (TPSA) is 9.23 Å². The molecule has 0 fully saturated rings. The lowest BCUT2D eigenvalue weighted by molar-refractivity contribution is 0.332. The SMILES string of the molecule is [B]OCCC(c1ccccc1)c1ccccc1. The van der Waals surface area contributed by atoms with Crippen molar-refractivity contribution in [2.75, 3.05) is 6.61 Å². The molecule has 2 radical (unpaired) electrons. The first kappa shape index (κ1) is 11.9. The van der Waals surface area contributed by atoms with Crippen molar-refractivity contribution in [2.24, 2.45) is 0 Å². The van der Waals surface area contributed by atoms with E-state index in [9.17, 15) is 0 Å². The third kappa shape index (κ3) is 3.21. The minimum absolute atomic E-state index is 0.348. The molecule has 0 aromatic heterocycles. The second-order valence-corrected chi connectivity index (χ2v) is 4.03. The Morgan fingerprint density at radius 3 is 1.71 bits per heavy atom. The van der Waals surface area contributed by atoms with Crippen LogP contribution in [0, 0.1) is 0 Å². The average Bonchev–Trinajstić information content (AvgIpc) is 2.42. The van der Waals surface area contributed by atoms with Crippen molar-refractivity contribution in [3.8, 4) is 0 Å². The van der Waals surface area contributed by atoms with Crippen LogP contribution in [0.25, 0.3) is 0 Å². The Kier molecular flexibility index (Phi) is 4.40. The maximum Gasteiger partial charge on any atom is 0.282 e. The molecule has 17 heavy (non-hydrogen) atoms. The second-order valence-electron chi connectivity index (χ2n) is 4.03. The summed E-state index contributed by atoms with van der Waals surface area (Å²) in [6.07, 6.45) is 0.893. The van der Waals surface area contributed by atoms with Gasteiger partial charge in [0.05, 0.1) is 0 Å². The van der Waals surface area contributed by atoms with E-state index >= 15 is 0 Å². The van der Waals surface area contributed by atoms with Crippen molar-refractivity contribution in [1.29, 1.82) is 0 Å². The zero-order chi connectivity index (χ0) is 11.9. The van der Waals surface area contributed by atoms with Crippen LogP contribution in [0.1, 0.15) is 23.5 Å². The molecule has 0 saturated carbocycles. The van der Waals surface area contributed by atoms with E-state index in [2.05, 4.69) is 48.5 Å². The molecule has 0 aliphatic carbocycles. The summed E-state index contributed by atoms with van der Waals surface area (Å²) in [6.45, 7) is 0.564. The van der Waals surface area contributed by atoms with Crippen LogP contribution in [0.3, 0.4) is 0 Å². The van der Waals surface area contributed by atoms with Crippen LogP contribution in [0.5, 0.6) is 0 Å². The van der Waals surface area contributed by atoms with Gasteiger partial charge in [-0.25, -0.2) is 0 Å². The normalized spacial score (nSPS) is 10.6. The molecule has 2 heteroatoms. The molecule has 84 valence electrons. The first-order valence-corrected chi connectivity index (χ1v) is 5.83. The molecule has 0 N–H and O–H groups in total. The summed E-state index contributed by atoms with van der Waals surface area (Å²) in [5, 5.41) is 0. The maximum absolute atomic E-state index is 5.13. The van der Waals surface area contributed by atoms with Crippen molar-refractivity contribution in [3.63, 3.8) is 0 Å². The second kappa shape index (κ2) is 6.26. The summed E-state index contributed by atoms with van der Waals surface area (Å²) in [5.74, 6) is 0.348. The van der Waals surface area contributed by atoms with Crippen LogP contribution in [-0.2, 0) is 4.65 Å². The minimum Gasteiger partial charge on any atom is -0.448 e.